The van der Waals surface area contributed by atoms with Gasteiger partial charge in [-0.25, -0.2) is 0 Å². The second kappa shape index (κ2) is 9.56. The number of nitrogens with zero attached hydrogens (tertiary/aromatic N) is 3. The molecule has 1 aliphatic rings. The molecule has 1 aromatic heterocycles. The van der Waals surface area contributed by atoms with Gasteiger partial charge in [0.1, 0.15) is 11.1 Å². The molecule has 1 aromatic carbocycles. The van der Waals surface area contributed by atoms with Gasteiger partial charge in [-0.1, -0.05) is 19.3 Å². The van der Waals surface area contributed by atoms with E-state index in [1.54, 1.807) is 19.2 Å². The lowest BCUT2D eigenvalue weighted by Crippen LogP contribution is -2.30. The number of hydrogen-bond donors (Lipinski definition) is 0. The average molecular weight is 413 g/mol. The summed E-state index contributed by atoms with van der Waals surface area (Å²) in [6.07, 6.45) is 7.04. The smallest absolute Gasteiger partial charge is 0.286 e. The van der Waals surface area contributed by atoms with Crippen LogP contribution < -0.4 is 15.0 Å². The molecule has 0 spiro atoms. The summed E-state index contributed by atoms with van der Waals surface area (Å²) in [6, 6.07) is 6.39. The first kappa shape index (κ1) is 21.5. The molecule has 160 valence electrons. The molecule has 0 bridgehead atoms. The van der Waals surface area contributed by atoms with Gasteiger partial charge in [-0.2, -0.15) is 0 Å². The van der Waals surface area contributed by atoms with Crippen molar-refractivity contribution in [3.63, 3.8) is 0 Å². The minimum absolute atomic E-state index is 0.0711. The highest BCUT2D eigenvalue weighted by Crippen LogP contribution is 2.35. The molecule has 1 heterocycles. The van der Waals surface area contributed by atoms with Crippen LogP contribution in [0.4, 0.5) is 5.69 Å². The first-order valence-corrected chi connectivity index (χ1v) is 10.2. The predicted octanol–water partition coefficient (Wildman–Crippen LogP) is 4.03. The van der Waals surface area contributed by atoms with E-state index >= 15 is 0 Å². The fourth-order valence-corrected chi connectivity index (χ4v) is 3.69. The van der Waals surface area contributed by atoms with Crippen molar-refractivity contribution < 1.29 is 19.2 Å². The van der Waals surface area contributed by atoms with E-state index in [9.17, 15) is 14.9 Å². The van der Waals surface area contributed by atoms with Gasteiger partial charge >= 0.3 is 0 Å². The Hall–Kier alpha value is -3.16. The minimum atomic E-state index is -0.585. The number of aromatic nitrogens is 1. The standard InChI is InChI=1S/C22H27N3O5/c1-4-30-20-13-17(18(25(27)28)14-19(20)29-3)22(26)24-11-10-15(2)12-21(24)23-16-8-6-5-7-9-16/h10-14,16H,4-9H2,1-3H3. The molecule has 0 N–H and O–H groups in total. The molecule has 1 fully saturated rings. The third-order valence-electron chi connectivity index (χ3n) is 5.21. The van der Waals surface area contributed by atoms with Crippen LogP contribution >= 0.6 is 0 Å². The topological polar surface area (TPSA) is 96.0 Å². The Morgan fingerprint density at radius 3 is 2.60 bits per heavy atom. The fraction of sp³-hybridized carbons (Fsp3) is 0.455. The molecular weight excluding hydrogens is 386 g/mol. The van der Waals surface area contributed by atoms with Crippen LogP contribution in [-0.4, -0.2) is 35.2 Å². The normalized spacial score (nSPS) is 15.1. The van der Waals surface area contributed by atoms with Crippen LogP contribution in [-0.2, 0) is 0 Å². The highest BCUT2D eigenvalue weighted by atomic mass is 16.6. The molecule has 0 aliphatic heterocycles. The van der Waals surface area contributed by atoms with Crippen molar-refractivity contribution >= 4 is 11.6 Å². The molecule has 2 aromatic rings. The van der Waals surface area contributed by atoms with E-state index in [4.69, 9.17) is 14.5 Å². The number of pyridine rings is 1. The maximum atomic E-state index is 13.4. The highest BCUT2D eigenvalue weighted by molar-refractivity contribution is 6.00. The molecule has 30 heavy (non-hydrogen) atoms. The van der Waals surface area contributed by atoms with Crippen LogP contribution in [0.15, 0.2) is 35.5 Å². The van der Waals surface area contributed by atoms with Crippen molar-refractivity contribution in [3.8, 4) is 11.5 Å². The lowest BCUT2D eigenvalue weighted by Gasteiger charge is -2.18. The van der Waals surface area contributed by atoms with Gasteiger partial charge in [-0.15, -0.1) is 0 Å². The zero-order valence-corrected chi connectivity index (χ0v) is 17.6. The third kappa shape index (κ3) is 4.69. The average Bonchev–Trinajstić information content (AvgIpc) is 2.74. The van der Waals surface area contributed by atoms with Crippen molar-refractivity contribution in [1.29, 1.82) is 0 Å². The van der Waals surface area contributed by atoms with Gasteiger partial charge in [0.25, 0.3) is 11.6 Å². The van der Waals surface area contributed by atoms with Crippen molar-refractivity contribution in [2.24, 2.45) is 4.99 Å². The number of rotatable bonds is 6. The Bertz CT molecular complexity index is 1010. The molecule has 8 heteroatoms. The van der Waals surface area contributed by atoms with Crippen LogP contribution in [0, 0.1) is 17.0 Å². The molecule has 0 saturated heterocycles. The van der Waals surface area contributed by atoms with Gasteiger partial charge in [-0.3, -0.25) is 24.5 Å². The van der Waals surface area contributed by atoms with E-state index in [1.807, 2.05) is 13.0 Å². The number of benzene rings is 1. The number of carbonyl (C=O) groups is 1. The number of nitro benzene ring substituents is 1. The van der Waals surface area contributed by atoms with Gasteiger partial charge in [-0.05, 0) is 44.4 Å². The lowest BCUT2D eigenvalue weighted by atomic mass is 9.96. The van der Waals surface area contributed by atoms with E-state index in [-0.39, 0.29) is 28.8 Å². The Morgan fingerprint density at radius 2 is 1.97 bits per heavy atom. The summed E-state index contributed by atoms with van der Waals surface area (Å²) in [5, 5.41) is 11.7. The van der Waals surface area contributed by atoms with E-state index < -0.39 is 10.8 Å². The Kier molecular flexibility index (Phi) is 6.87. The maximum absolute atomic E-state index is 13.4. The molecular formula is C22H27N3O5. The van der Waals surface area contributed by atoms with Crippen LogP contribution in [0.2, 0.25) is 0 Å². The zero-order valence-electron chi connectivity index (χ0n) is 17.6. The van der Waals surface area contributed by atoms with Gasteiger partial charge < -0.3 is 9.47 Å². The monoisotopic (exact) mass is 413 g/mol. The Balaban J connectivity index is 2.13. The summed E-state index contributed by atoms with van der Waals surface area (Å²) >= 11 is 0. The maximum Gasteiger partial charge on any atom is 0.286 e. The van der Waals surface area contributed by atoms with E-state index in [0.717, 1.165) is 31.2 Å². The zero-order chi connectivity index (χ0) is 21.7. The second-order valence-corrected chi connectivity index (χ2v) is 7.37. The highest BCUT2D eigenvalue weighted by Gasteiger charge is 2.26. The van der Waals surface area contributed by atoms with E-state index in [1.165, 1.54) is 30.2 Å². The van der Waals surface area contributed by atoms with Crippen LogP contribution in [0.5, 0.6) is 11.5 Å². The number of ether oxygens (including phenoxy) is 2. The Morgan fingerprint density at radius 1 is 1.23 bits per heavy atom. The van der Waals surface area contributed by atoms with Gasteiger partial charge in [0.15, 0.2) is 11.5 Å². The fourth-order valence-electron chi connectivity index (χ4n) is 3.69. The molecule has 0 amide bonds. The molecule has 0 atom stereocenters. The van der Waals surface area contributed by atoms with Crippen molar-refractivity contribution in [1.82, 2.24) is 4.57 Å². The first-order chi connectivity index (χ1) is 14.4. The minimum Gasteiger partial charge on any atom is -0.493 e. The van der Waals surface area contributed by atoms with E-state index in [2.05, 4.69) is 0 Å². The number of carbonyl (C=O) groups excluding carboxylic acids is 1. The molecule has 0 unspecified atom stereocenters. The molecule has 1 saturated carbocycles. The Labute approximate surface area is 175 Å². The van der Waals surface area contributed by atoms with Crippen molar-refractivity contribution in [2.45, 2.75) is 52.0 Å². The summed E-state index contributed by atoms with van der Waals surface area (Å²) < 4.78 is 12.1. The molecule has 0 radical (unpaired) electrons. The molecule has 1 aliphatic carbocycles. The first-order valence-electron chi connectivity index (χ1n) is 10.2. The number of nitro groups is 1. The van der Waals surface area contributed by atoms with E-state index in [0.29, 0.717) is 12.1 Å². The largest absolute Gasteiger partial charge is 0.493 e. The van der Waals surface area contributed by atoms with Gasteiger partial charge in [0, 0.05) is 12.3 Å². The van der Waals surface area contributed by atoms with Gasteiger partial charge in [0.2, 0.25) is 0 Å². The lowest BCUT2D eigenvalue weighted by molar-refractivity contribution is -0.385. The van der Waals surface area contributed by atoms with Crippen LogP contribution in [0.3, 0.4) is 0 Å². The van der Waals surface area contributed by atoms with Crippen LogP contribution in [0.25, 0.3) is 0 Å². The molecule has 8 nitrogen and oxygen atoms in total. The summed E-state index contributed by atoms with van der Waals surface area (Å²) in [4.78, 5) is 29.3. The van der Waals surface area contributed by atoms with Crippen molar-refractivity contribution in [3.05, 3.63) is 57.2 Å². The number of methoxy groups -OCH3 is 1. The van der Waals surface area contributed by atoms with Crippen LogP contribution in [0.1, 0.15) is 54.9 Å². The predicted molar refractivity (Wildman–Crippen MR) is 112 cm³/mol. The van der Waals surface area contributed by atoms with Gasteiger partial charge in [0.05, 0.1) is 30.7 Å². The summed E-state index contributed by atoms with van der Waals surface area (Å²) in [5.41, 5.74) is 1.07. The summed E-state index contributed by atoms with van der Waals surface area (Å²) in [5.74, 6) is -0.0339. The SMILES string of the molecule is CCOc1cc(C(=O)n2ccc(C)cc2=NC2CCCCC2)c([N+](=O)[O-])cc1OC. The third-order valence-corrected chi connectivity index (χ3v) is 5.21. The summed E-state index contributed by atoms with van der Waals surface area (Å²) in [7, 11) is 1.40. The summed E-state index contributed by atoms with van der Waals surface area (Å²) in [6.45, 7) is 4.05. The van der Waals surface area contributed by atoms with Crippen molar-refractivity contribution in [2.75, 3.05) is 13.7 Å². The quantitative estimate of drug-likeness (QED) is 0.526. The molecule has 3 rings (SSSR count). The second-order valence-electron chi connectivity index (χ2n) is 7.37. The number of hydrogen-bond acceptors (Lipinski definition) is 6. The number of aryl methyl sites for hydroxylation is 1.